The minimum atomic E-state index is -0.700. The Hall–Kier alpha value is -1.46. The van der Waals surface area contributed by atoms with Gasteiger partial charge in [-0.15, -0.1) is 0 Å². The molecule has 1 N–H and O–H groups in total. The molecule has 0 saturated heterocycles. The van der Waals surface area contributed by atoms with Gasteiger partial charge in [0.15, 0.2) is 6.61 Å². The van der Waals surface area contributed by atoms with Crippen molar-refractivity contribution in [2.45, 2.75) is 26.3 Å². The van der Waals surface area contributed by atoms with Crippen molar-refractivity contribution < 1.29 is 19.1 Å². The van der Waals surface area contributed by atoms with Crippen molar-refractivity contribution in [2.75, 3.05) is 13.7 Å². The molecule has 7 heteroatoms. The summed E-state index contributed by atoms with van der Waals surface area (Å²) in [5.41, 5.74) is 0. The largest absolute Gasteiger partial charge is 0.484 e. The second-order valence-electron chi connectivity index (χ2n) is 4.85. The van der Waals surface area contributed by atoms with Gasteiger partial charge in [-0.1, -0.05) is 43.5 Å². The predicted octanol–water partition coefficient (Wildman–Crippen LogP) is 3.08. The monoisotopic (exact) mass is 347 g/mol. The summed E-state index contributed by atoms with van der Waals surface area (Å²) in [6.45, 7) is 3.54. The van der Waals surface area contributed by atoms with Crippen LogP contribution in [0.2, 0.25) is 10.0 Å². The maximum absolute atomic E-state index is 11.9. The fourth-order valence-electron chi connectivity index (χ4n) is 1.77. The third kappa shape index (κ3) is 5.73. The molecule has 1 aromatic carbocycles. The standard InChI is InChI=1S/C15H19Cl2NO4/c1-4-9(2)14(15(20)21-3)18-13(19)8-22-12-6-10(16)5-11(17)7-12/h5-7,9,14H,4,8H2,1-3H3,(H,18,19)/t9-,14-/m1/s1. The van der Waals surface area contributed by atoms with E-state index < -0.39 is 17.9 Å². The molecule has 1 rings (SSSR count). The first-order chi connectivity index (χ1) is 10.4. The quantitative estimate of drug-likeness (QED) is 0.769. The van der Waals surface area contributed by atoms with Gasteiger partial charge in [-0.05, 0) is 24.1 Å². The van der Waals surface area contributed by atoms with Crippen LogP contribution in [-0.2, 0) is 14.3 Å². The van der Waals surface area contributed by atoms with E-state index in [0.717, 1.165) is 6.42 Å². The molecule has 0 saturated carbocycles. The van der Waals surface area contributed by atoms with Crippen LogP contribution in [-0.4, -0.2) is 31.6 Å². The van der Waals surface area contributed by atoms with Crippen LogP contribution in [0.1, 0.15) is 20.3 Å². The van der Waals surface area contributed by atoms with Gasteiger partial charge in [0.2, 0.25) is 0 Å². The van der Waals surface area contributed by atoms with E-state index in [2.05, 4.69) is 5.32 Å². The first-order valence-electron chi connectivity index (χ1n) is 6.83. The Labute approximate surface area is 139 Å². The molecule has 122 valence electrons. The Morgan fingerprint density at radius 3 is 2.32 bits per heavy atom. The molecule has 0 aliphatic heterocycles. The number of carbonyl (C=O) groups excluding carboxylic acids is 2. The minimum Gasteiger partial charge on any atom is -0.484 e. The first-order valence-corrected chi connectivity index (χ1v) is 7.59. The summed E-state index contributed by atoms with van der Waals surface area (Å²) in [5.74, 6) is -0.567. The molecule has 0 aromatic heterocycles. The molecule has 0 radical (unpaired) electrons. The van der Waals surface area contributed by atoms with Gasteiger partial charge in [0.25, 0.3) is 5.91 Å². The predicted molar refractivity (Wildman–Crippen MR) is 85.4 cm³/mol. The van der Waals surface area contributed by atoms with Gasteiger partial charge >= 0.3 is 5.97 Å². The van der Waals surface area contributed by atoms with Crippen molar-refractivity contribution in [1.29, 1.82) is 0 Å². The van der Waals surface area contributed by atoms with E-state index in [9.17, 15) is 9.59 Å². The Bertz CT molecular complexity index is 516. The molecule has 0 aliphatic carbocycles. The lowest BCUT2D eigenvalue weighted by atomic mass is 9.99. The van der Waals surface area contributed by atoms with Crippen LogP contribution in [0, 0.1) is 5.92 Å². The molecule has 0 fully saturated rings. The van der Waals surface area contributed by atoms with Gasteiger partial charge in [-0.3, -0.25) is 4.79 Å². The summed E-state index contributed by atoms with van der Waals surface area (Å²) in [5, 5.41) is 3.44. The maximum atomic E-state index is 11.9. The van der Waals surface area contributed by atoms with Gasteiger partial charge in [-0.25, -0.2) is 4.79 Å². The average Bonchev–Trinajstić information content (AvgIpc) is 2.48. The molecule has 5 nitrogen and oxygen atoms in total. The maximum Gasteiger partial charge on any atom is 0.328 e. The number of carbonyl (C=O) groups is 2. The van der Waals surface area contributed by atoms with Crippen LogP contribution in [0.3, 0.4) is 0 Å². The van der Waals surface area contributed by atoms with Crippen LogP contribution in [0.4, 0.5) is 0 Å². The highest BCUT2D eigenvalue weighted by Gasteiger charge is 2.26. The summed E-state index contributed by atoms with van der Waals surface area (Å²) in [6, 6.07) is 3.96. The van der Waals surface area contributed by atoms with Crippen LogP contribution in [0.25, 0.3) is 0 Å². The number of rotatable bonds is 7. The van der Waals surface area contributed by atoms with Crippen LogP contribution in [0.5, 0.6) is 5.75 Å². The fourth-order valence-corrected chi connectivity index (χ4v) is 2.28. The molecule has 22 heavy (non-hydrogen) atoms. The number of halogens is 2. The van der Waals surface area contributed by atoms with Crippen LogP contribution in [0.15, 0.2) is 18.2 Å². The highest BCUT2D eigenvalue weighted by atomic mass is 35.5. The van der Waals surface area contributed by atoms with Crippen molar-refractivity contribution in [1.82, 2.24) is 5.32 Å². The average molecular weight is 348 g/mol. The first kappa shape index (κ1) is 18.6. The summed E-state index contributed by atoms with van der Waals surface area (Å²) < 4.78 is 10.0. The van der Waals surface area contributed by atoms with Crippen LogP contribution < -0.4 is 10.1 Å². The number of amides is 1. The fraction of sp³-hybridized carbons (Fsp3) is 0.467. The van der Waals surface area contributed by atoms with E-state index >= 15 is 0 Å². The Morgan fingerprint density at radius 2 is 1.82 bits per heavy atom. The molecule has 0 spiro atoms. The second-order valence-corrected chi connectivity index (χ2v) is 5.72. The molecule has 1 aromatic rings. The molecule has 1 amide bonds. The van der Waals surface area contributed by atoms with E-state index in [0.29, 0.717) is 15.8 Å². The van der Waals surface area contributed by atoms with E-state index in [1.807, 2.05) is 13.8 Å². The van der Waals surface area contributed by atoms with E-state index in [4.69, 9.17) is 32.7 Å². The van der Waals surface area contributed by atoms with Crippen molar-refractivity contribution in [3.8, 4) is 5.75 Å². The van der Waals surface area contributed by atoms with Gasteiger partial charge in [0.1, 0.15) is 11.8 Å². The molecule has 0 heterocycles. The zero-order valence-corrected chi connectivity index (χ0v) is 14.2. The summed E-state index contributed by atoms with van der Waals surface area (Å²) in [6.07, 6.45) is 0.727. The lowest BCUT2D eigenvalue weighted by Crippen LogP contribution is -2.47. The normalized spacial score (nSPS) is 13.1. The Kier molecular flexibility index (Phi) is 7.48. The Balaban J connectivity index is 2.62. The number of benzene rings is 1. The van der Waals surface area contributed by atoms with Crippen molar-refractivity contribution in [2.24, 2.45) is 5.92 Å². The zero-order chi connectivity index (χ0) is 16.7. The second kappa shape index (κ2) is 8.86. The summed E-state index contributed by atoms with van der Waals surface area (Å²) in [7, 11) is 1.29. The van der Waals surface area contributed by atoms with E-state index in [-0.39, 0.29) is 12.5 Å². The third-order valence-corrected chi connectivity index (χ3v) is 3.63. The Morgan fingerprint density at radius 1 is 1.23 bits per heavy atom. The summed E-state index contributed by atoms with van der Waals surface area (Å²) >= 11 is 11.7. The highest BCUT2D eigenvalue weighted by Crippen LogP contribution is 2.24. The third-order valence-electron chi connectivity index (χ3n) is 3.19. The van der Waals surface area contributed by atoms with E-state index in [1.54, 1.807) is 18.2 Å². The number of hydrogen-bond donors (Lipinski definition) is 1. The minimum absolute atomic E-state index is 0.0444. The lowest BCUT2D eigenvalue weighted by molar-refractivity contribution is -0.146. The SMILES string of the molecule is CC[C@@H](C)[C@@H](NC(=O)COc1cc(Cl)cc(Cl)c1)C(=O)OC. The van der Waals surface area contributed by atoms with Crippen molar-refractivity contribution in [3.05, 3.63) is 28.2 Å². The highest BCUT2D eigenvalue weighted by molar-refractivity contribution is 6.34. The van der Waals surface area contributed by atoms with Crippen LogP contribution >= 0.6 is 23.2 Å². The van der Waals surface area contributed by atoms with Gasteiger partial charge in [0, 0.05) is 10.0 Å². The number of esters is 1. The molecule has 2 atom stereocenters. The molecule has 0 unspecified atom stereocenters. The lowest BCUT2D eigenvalue weighted by Gasteiger charge is -2.21. The molecule has 0 bridgehead atoms. The molecule has 0 aliphatic rings. The topological polar surface area (TPSA) is 64.6 Å². The van der Waals surface area contributed by atoms with Gasteiger partial charge < -0.3 is 14.8 Å². The zero-order valence-electron chi connectivity index (χ0n) is 12.7. The van der Waals surface area contributed by atoms with Crippen molar-refractivity contribution in [3.63, 3.8) is 0 Å². The van der Waals surface area contributed by atoms with E-state index in [1.165, 1.54) is 7.11 Å². The molecular weight excluding hydrogens is 329 g/mol. The van der Waals surface area contributed by atoms with Crippen molar-refractivity contribution >= 4 is 35.1 Å². The number of ether oxygens (including phenoxy) is 2. The summed E-state index contributed by atoms with van der Waals surface area (Å²) in [4.78, 5) is 23.6. The number of methoxy groups -OCH3 is 1. The van der Waals surface area contributed by atoms with Gasteiger partial charge in [0.05, 0.1) is 7.11 Å². The number of nitrogens with one attached hydrogen (secondary N) is 1. The smallest absolute Gasteiger partial charge is 0.328 e. The van der Waals surface area contributed by atoms with Gasteiger partial charge in [-0.2, -0.15) is 0 Å². The molecular formula is C15H19Cl2NO4. The number of hydrogen-bond acceptors (Lipinski definition) is 4.